The molecule has 2 aromatic carbocycles. The first kappa shape index (κ1) is 19.5. The van der Waals surface area contributed by atoms with E-state index in [9.17, 15) is 0 Å². The van der Waals surface area contributed by atoms with Crippen molar-refractivity contribution in [2.75, 3.05) is 0 Å². The predicted molar refractivity (Wildman–Crippen MR) is 119 cm³/mol. The van der Waals surface area contributed by atoms with Crippen LogP contribution < -0.4 is 10.1 Å². The van der Waals surface area contributed by atoms with Gasteiger partial charge in [0.2, 0.25) is 0 Å². The molecule has 2 nitrogen and oxygen atoms in total. The van der Waals surface area contributed by atoms with Gasteiger partial charge in [-0.25, -0.2) is 0 Å². The SMILES string of the molecule is C[C@@H](NCc1cc(Cl)ccc1OCc1ccccc1)C12CC3CC(CC(C3)C1)C2. The van der Waals surface area contributed by atoms with Gasteiger partial charge >= 0.3 is 0 Å². The second-order valence-electron chi connectivity index (χ2n) is 9.91. The van der Waals surface area contributed by atoms with E-state index in [4.69, 9.17) is 16.3 Å². The van der Waals surface area contributed by atoms with Crippen molar-refractivity contribution in [1.29, 1.82) is 0 Å². The van der Waals surface area contributed by atoms with Crippen LogP contribution in [0.4, 0.5) is 0 Å². The van der Waals surface area contributed by atoms with E-state index in [-0.39, 0.29) is 0 Å². The van der Waals surface area contributed by atoms with Crippen LogP contribution in [0.2, 0.25) is 5.02 Å². The van der Waals surface area contributed by atoms with Crippen molar-refractivity contribution in [3.8, 4) is 5.75 Å². The normalized spacial score (nSPS) is 31.0. The Bertz CT molecular complexity index is 814. The maximum Gasteiger partial charge on any atom is 0.124 e. The highest BCUT2D eigenvalue weighted by molar-refractivity contribution is 6.30. The zero-order valence-corrected chi connectivity index (χ0v) is 18.1. The van der Waals surface area contributed by atoms with Gasteiger partial charge in [-0.05, 0) is 92.4 Å². The molecule has 0 radical (unpaired) electrons. The quantitative estimate of drug-likeness (QED) is 0.555. The van der Waals surface area contributed by atoms with Crippen LogP contribution in [0.5, 0.6) is 5.75 Å². The number of hydrogen-bond acceptors (Lipinski definition) is 2. The zero-order valence-electron chi connectivity index (χ0n) is 17.4. The van der Waals surface area contributed by atoms with Gasteiger partial charge in [0.25, 0.3) is 0 Å². The van der Waals surface area contributed by atoms with E-state index in [0.717, 1.165) is 40.6 Å². The van der Waals surface area contributed by atoms with Gasteiger partial charge in [-0.3, -0.25) is 0 Å². The first-order chi connectivity index (χ1) is 14.1. The molecule has 1 N–H and O–H groups in total. The van der Waals surface area contributed by atoms with Crippen molar-refractivity contribution in [3.63, 3.8) is 0 Å². The molecule has 0 saturated heterocycles. The number of rotatable bonds is 7. The highest BCUT2D eigenvalue weighted by Crippen LogP contribution is 2.61. The third-order valence-electron chi connectivity index (χ3n) is 7.86. The summed E-state index contributed by atoms with van der Waals surface area (Å²) in [5.41, 5.74) is 2.85. The van der Waals surface area contributed by atoms with E-state index in [2.05, 4.69) is 42.6 Å². The molecule has 4 aliphatic carbocycles. The molecule has 4 bridgehead atoms. The minimum Gasteiger partial charge on any atom is -0.489 e. The number of ether oxygens (including phenoxy) is 1. The van der Waals surface area contributed by atoms with Gasteiger partial charge in [0, 0.05) is 23.2 Å². The summed E-state index contributed by atoms with van der Waals surface area (Å²) < 4.78 is 6.16. The Morgan fingerprint density at radius 2 is 1.66 bits per heavy atom. The number of hydrogen-bond donors (Lipinski definition) is 1. The van der Waals surface area contributed by atoms with Crippen LogP contribution in [0.15, 0.2) is 48.5 Å². The van der Waals surface area contributed by atoms with E-state index < -0.39 is 0 Å². The van der Waals surface area contributed by atoms with E-state index >= 15 is 0 Å². The lowest BCUT2D eigenvalue weighted by Crippen LogP contribution is -2.54. The van der Waals surface area contributed by atoms with Crippen LogP contribution in [0.3, 0.4) is 0 Å². The highest BCUT2D eigenvalue weighted by atomic mass is 35.5. The maximum atomic E-state index is 6.32. The maximum absolute atomic E-state index is 6.32. The molecule has 154 valence electrons. The van der Waals surface area contributed by atoms with Crippen LogP contribution in [0.25, 0.3) is 0 Å². The molecule has 1 atom stereocenters. The van der Waals surface area contributed by atoms with Crippen LogP contribution >= 0.6 is 11.6 Å². The summed E-state index contributed by atoms with van der Waals surface area (Å²) in [5, 5.41) is 4.66. The van der Waals surface area contributed by atoms with Crippen molar-refractivity contribution in [2.45, 2.75) is 64.6 Å². The average Bonchev–Trinajstić information content (AvgIpc) is 2.71. The van der Waals surface area contributed by atoms with Gasteiger partial charge in [-0.2, -0.15) is 0 Å². The van der Waals surface area contributed by atoms with E-state index in [1.165, 1.54) is 44.1 Å². The van der Waals surface area contributed by atoms with Gasteiger partial charge in [0.15, 0.2) is 0 Å². The van der Waals surface area contributed by atoms with Crippen molar-refractivity contribution >= 4 is 11.6 Å². The molecular formula is C26H32ClNO. The summed E-state index contributed by atoms with van der Waals surface area (Å²) in [6, 6.07) is 16.9. The molecule has 0 aliphatic heterocycles. The van der Waals surface area contributed by atoms with Crippen LogP contribution in [-0.4, -0.2) is 6.04 Å². The fourth-order valence-corrected chi connectivity index (χ4v) is 6.94. The highest BCUT2D eigenvalue weighted by Gasteiger charge is 2.52. The predicted octanol–water partition coefficient (Wildman–Crippen LogP) is 6.61. The number of benzene rings is 2. The molecule has 0 unspecified atom stereocenters. The minimum absolute atomic E-state index is 0.512. The average molecular weight is 410 g/mol. The fraction of sp³-hybridized carbons (Fsp3) is 0.538. The molecule has 0 heterocycles. The van der Waals surface area contributed by atoms with Gasteiger partial charge in [0.1, 0.15) is 12.4 Å². The second-order valence-corrected chi connectivity index (χ2v) is 10.3. The Labute approximate surface area is 180 Å². The molecule has 2 aromatic rings. The van der Waals surface area contributed by atoms with Gasteiger partial charge in [0.05, 0.1) is 0 Å². The smallest absolute Gasteiger partial charge is 0.124 e. The molecule has 6 rings (SSSR count). The monoisotopic (exact) mass is 409 g/mol. The van der Waals surface area contributed by atoms with Crippen LogP contribution in [0.1, 0.15) is 56.6 Å². The number of halogens is 1. The molecule has 4 aliphatic rings. The topological polar surface area (TPSA) is 21.3 Å². The van der Waals surface area contributed by atoms with Crippen molar-refractivity contribution in [1.82, 2.24) is 5.32 Å². The Morgan fingerprint density at radius 3 is 2.31 bits per heavy atom. The lowest BCUT2D eigenvalue weighted by atomic mass is 9.48. The molecule has 0 amide bonds. The van der Waals surface area contributed by atoms with Crippen LogP contribution in [-0.2, 0) is 13.2 Å². The van der Waals surface area contributed by atoms with Gasteiger partial charge < -0.3 is 10.1 Å². The van der Waals surface area contributed by atoms with Gasteiger partial charge in [-0.15, -0.1) is 0 Å². The first-order valence-electron chi connectivity index (χ1n) is 11.3. The van der Waals surface area contributed by atoms with E-state index in [1.807, 2.05) is 18.2 Å². The third-order valence-corrected chi connectivity index (χ3v) is 8.10. The largest absolute Gasteiger partial charge is 0.489 e. The molecule has 4 fully saturated rings. The summed E-state index contributed by atoms with van der Waals surface area (Å²) in [4.78, 5) is 0. The minimum atomic E-state index is 0.512. The van der Waals surface area contributed by atoms with Crippen molar-refractivity contribution < 1.29 is 4.74 Å². The lowest BCUT2D eigenvalue weighted by Gasteiger charge is -2.59. The van der Waals surface area contributed by atoms with Crippen molar-refractivity contribution in [3.05, 3.63) is 64.7 Å². The standard InChI is InChI=1S/C26H32ClNO/c1-18(26-13-20-9-21(14-26)11-22(10-20)15-26)28-16-23-12-24(27)7-8-25(23)29-17-19-5-3-2-4-6-19/h2-8,12,18,20-22,28H,9-11,13-17H2,1H3/t18-,20?,21?,22?,26?/m1/s1. The Balaban J connectivity index is 1.26. The van der Waals surface area contributed by atoms with E-state index in [0.29, 0.717) is 18.1 Å². The van der Waals surface area contributed by atoms with Gasteiger partial charge in [-0.1, -0.05) is 41.9 Å². The Morgan fingerprint density at radius 1 is 1.00 bits per heavy atom. The number of nitrogens with one attached hydrogen (secondary N) is 1. The molecular weight excluding hydrogens is 378 g/mol. The molecule has 0 spiro atoms. The summed E-state index contributed by atoms with van der Waals surface area (Å²) in [5.74, 6) is 3.90. The third kappa shape index (κ3) is 4.07. The van der Waals surface area contributed by atoms with Crippen LogP contribution in [0, 0.1) is 23.2 Å². The summed E-state index contributed by atoms with van der Waals surface area (Å²) in [6.07, 6.45) is 8.79. The summed E-state index contributed by atoms with van der Waals surface area (Å²) in [6.45, 7) is 3.82. The molecule has 3 heteroatoms. The van der Waals surface area contributed by atoms with E-state index in [1.54, 1.807) is 0 Å². The fourth-order valence-electron chi connectivity index (χ4n) is 6.75. The summed E-state index contributed by atoms with van der Waals surface area (Å²) in [7, 11) is 0. The first-order valence-corrected chi connectivity index (χ1v) is 11.7. The second kappa shape index (κ2) is 7.96. The molecule has 0 aromatic heterocycles. The molecule has 29 heavy (non-hydrogen) atoms. The Hall–Kier alpha value is -1.51. The Kier molecular flexibility index (Phi) is 5.34. The lowest BCUT2D eigenvalue weighted by molar-refractivity contribution is -0.0706. The zero-order chi connectivity index (χ0) is 19.8. The summed E-state index contributed by atoms with van der Waals surface area (Å²) >= 11 is 6.32. The molecule has 4 saturated carbocycles. The van der Waals surface area contributed by atoms with Crippen molar-refractivity contribution in [2.24, 2.45) is 23.2 Å².